The Morgan fingerprint density at radius 2 is 1.88 bits per heavy atom. The molecule has 0 aliphatic heterocycles. The molecule has 3 rings (SSSR count). The molecule has 0 saturated heterocycles. The van der Waals surface area contributed by atoms with Crippen molar-refractivity contribution in [2.45, 2.75) is 63.1 Å². The molecule has 0 bridgehead atoms. The molecule has 1 aliphatic rings. The summed E-state index contributed by atoms with van der Waals surface area (Å²) in [7, 11) is 0. The first-order valence-corrected chi connectivity index (χ1v) is 9.30. The van der Waals surface area contributed by atoms with Crippen LogP contribution >= 0.6 is 0 Å². The third kappa shape index (κ3) is 5.22. The van der Waals surface area contributed by atoms with E-state index in [0.717, 1.165) is 48.9 Å². The van der Waals surface area contributed by atoms with Crippen LogP contribution in [0, 0.1) is 11.8 Å². The third-order valence-corrected chi connectivity index (χ3v) is 4.98. The molecule has 2 aromatic rings. The van der Waals surface area contributed by atoms with Crippen LogP contribution in [-0.4, -0.2) is 20.8 Å². The van der Waals surface area contributed by atoms with E-state index in [0.29, 0.717) is 6.42 Å². The van der Waals surface area contributed by atoms with Crippen LogP contribution in [-0.2, 0) is 6.42 Å². The van der Waals surface area contributed by atoms with Gasteiger partial charge in [-0.3, -0.25) is 0 Å². The Hall–Kier alpha value is -2.02. The molecule has 1 aromatic carbocycles. The van der Waals surface area contributed by atoms with Gasteiger partial charge >= 0.3 is 0 Å². The fourth-order valence-electron chi connectivity index (χ4n) is 3.44. The van der Waals surface area contributed by atoms with Gasteiger partial charge in [-0.15, -0.1) is 0 Å². The van der Waals surface area contributed by atoms with Gasteiger partial charge in [0.2, 0.25) is 0 Å². The van der Waals surface area contributed by atoms with Crippen molar-refractivity contribution in [3.8, 4) is 11.8 Å². The number of aromatic nitrogens is 1. The summed E-state index contributed by atoms with van der Waals surface area (Å²) in [5, 5.41) is 20.8. The highest BCUT2D eigenvalue weighted by atomic mass is 16.3. The molecule has 3 heteroatoms. The molecular weight excluding hydrogens is 310 g/mol. The van der Waals surface area contributed by atoms with Crippen molar-refractivity contribution in [1.82, 2.24) is 4.98 Å². The Balaban J connectivity index is 1.62. The maximum Gasteiger partial charge on any atom is 0.125 e. The number of H-pyrrole nitrogens is 1. The minimum atomic E-state index is -0.823. The molecule has 0 radical (unpaired) electrons. The van der Waals surface area contributed by atoms with Crippen LogP contribution < -0.4 is 0 Å². The minimum absolute atomic E-state index is 0.476. The van der Waals surface area contributed by atoms with Gasteiger partial charge in [-0.1, -0.05) is 36.8 Å². The molecule has 1 atom stereocenters. The number of aliphatic hydroxyl groups excluding tert-OH is 1. The summed E-state index contributed by atoms with van der Waals surface area (Å²) in [5.41, 5.74) is 2.12. The fraction of sp³-hybridized carbons (Fsp3) is 0.455. The zero-order valence-corrected chi connectivity index (χ0v) is 14.7. The van der Waals surface area contributed by atoms with Crippen molar-refractivity contribution in [3.05, 3.63) is 59.4 Å². The van der Waals surface area contributed by atoms with Crippen LogP contribution in [0.1, 0.15) is 67.9 Å². The Bertz CT molecular complexity index is 716. The minimum Gasteiger partial charge on any atom is -0.387 e. The highest BCUT2D eigenvalue weighted by Gasteiger charge is 2.25. The lowest BCUT2D eigenvalue weighted by Crippen LogP contribution is -2.25. The van der Waals surface area contributed by atoms with Gasteiger partial charge in [-0.2, -0.15) is 0 Å². The molecule has 0 spiro atoms. The van der Waals surface area contributed by atoms with Crippen LogP contribution in [0.15, 0.2) is 42.6 Å². The highest BCUT2D eigenvalue weighted by molar-refractivity contribution is 5.39. The maximum atomic E-state index is 10.7. The standard InChI is InChI=1S/C22H27NO2/c24-21(20-9-6-16-23-20)11-10-18-7-5-8-19(17-18)12-15-22(25)13-3-1-2-4-14-22/h5-9,16-17,21,23-25H,1-4,10-11,13-14H2. The molecule has 3 N–H and O–H groups in total. The lowest BCUT2D eigenvalue weighted by atomic mass is 9.94. The molecule has 0 amide bonds. The lowest BCUT2D eigenvalue weighted by molar-refractivity contribution is 0.0849. The van der Waals surface area contributed by atoms with E-state index in [-0.39, 0.29) is 0 Å². The number of benzene rings is 1. The molecule has 1 aromatic heterocycles. The number of hydrogen-bond donors (Lipinski definition) is 3. The monoisotopic (exact) mass is 337 g/mol. The zero-order chi connectivity index (χ0) is 17.5. The van der Waals surface area contributed by atoms with Crippen molar-refractivity contribution < 1.29 is 10.2 Å². The van der Waals surface area contributed by atoms with Crippen molar-refractivity contribution in [1.29, 1.82) is 0 Å². The normalized spacial score (nSPS) is 18.0. The van der Waals surface area contributed by atoms with Gasteiger partial charge in [0.15, 0.2) is 0 Å². The Morgan fingerprint density at radius 3 is 2.60 bits per heavy atom. The van der Waals surface area contributed by atoms with Gasteiger partial charge in [0.1, 0.15) is 5.60 Å². The predicted molar refractivity (Wildman–Crippen MR) is 100 cm³/mol. The van der Waals surface area contributed by atoms with Gasteiger partial charge in [-0.25, -0.2) is 0 Å². The average Bonchev–Trinajstić information content (AvgIpc) is 3.08. The first-order chi connectivity index (χ1) is 12.1. The first-order valence-electron chi connectivity index (χ1n) is 9.30. The number of hydrogen-bond acceptors (Lipinski definition) is 2. The van der Waals surface area contributed by atoms with E-state index >= 15 is 0 Å². The Labute approximate surface area is 150 Å². The van der Waals surface area contributed by atoms with E-state index in [2.05, 4.69) is 29.0 Å². The van der Waals surface area contributed by atoms with Gasteiger partial charge in [0.05, 0.1) is 6.10 Å². The molecule has 132 valence electrons. The smallest absolute Gasteiger partial charge is 0.125 e. The van der Waals surface area contributed by atoms with Crippen LogP contribution in [0.3, 0.4) is 0 Å². The maximum absolute atomic E-state index is 10.7. The lowest BCUT2D eigenvalue weighted by Gasteiger charge is -2.19. The van der Waals surface area contributed by atoms with E-state index in [1.54, 1.807) is 0 Å². The molecule has 1 saturated carbocycles. The molecule has 1 unspecified atom stereocenters. The molecule has 25 heavy (non-hydrogen) atoms. The highest BCUT2D eigenvalue weighted by Crippen LogP contribution is 2.26. The van der Waals surface area contributed by atoms with E-state index in [1.807, 2.05) is 30.5 Å². The Morgan fingerprint density at radius 1 is 1.08 bits per heavy atom. The van der Waals surface area contributed by atoms with Gasteiger partial charge in [-0.05, 0) is 68.4 Å². The summed E-state index contributed by atoms with van der Waals surface area (Å²) in [6, 6.07) is 11.9. The zero-order valence-electron chi connectivity index (χ0n) is 14.7. The SMILES string of the molecule is OC(CCc1cccc(C#CC2(O)CCCCCC2)c1)c1ccc[nH]1. The second-order valence-electron chi connectivity index (χ2n) is 7.08. The van der Waals surface area contributed by atoms with Crippen molar-refractivity contribution >= 4 is 0 Å². The summed E-state index contributed by atoms with van der Waals surface area (Å²) in [6.07, 6.45) is 8.88. The second-order valence-corrected chi connectivity index (χ2v) is 7.08. The van der Waals surface area contributed by atoms with Gasteiger partial charge < -0.3 is 15.2 Å². The van der Waals surface area contributed by atoms with Crippen molar-refractivity contribution in [2.24, 2.45) is 0 Å². The van der Waals surface area contributed by atoms with Gasteiger partial charge in [0, 0.05) is 17.5 Å². The number of aryl methyl sites for hydroxylation is 1. The van der Waals surface area contributed by atoms with E-state index in [9.17, 15) is 10.2 Å². The summed E-state index contributed by atoms with van der Waals surface area (Å²) in [4.78, 5) is 3.05. The summed E-state index contributed by atoms with van der Waals surface area (Å²) >= 11 is 0. The van der Waals surface area contributed by atoms with Crippen LogP contribution in [0.5, 0.6) is 0 Å². The summed E-state index contributed by atoms with van der Waals surface area (Å²) < 4.78 is 0. The van der Waals surface area contributed by atoms with E-state index in [4.69, 9.17) is 0 Å². The molecule has 1 aliphatic carbocycles. The number of rotatable bonds is 4. The van der Waals surface area contributed by atoms with Crippen LogP contribution in [0.2, 0.25) is 0 Å². The van der Waals surface area contributed by atoms with E-state index in [1.165, 1.54) is 12.8 Å². The van der Waals surface area contributed by atoms with Gasteiger partial charge in [0.25, 0.3) is 0 Å². The van der Waals surface area contributed by atoms with Crippen LogP contribution in [0.4, 0.5) is 0 Å². The van der Waals surface area contributed by atoms with Crippen LogP contribution in [0.25, 0.3) is 0 Å². The van der Waals surface area contributed by atoms with E-state index < -0.39 is 11.7 Å². The topological polar surface area (TPSA) is 56.2 Å². The average molecular weight is 337 g/mol. The number of aromatic amines is 1. The Kier molecular flexibility index (Phi) is 5.96. The molecule has 3 nitrogen and oxygen atoms in total. The number of aliphatic hydroxyl groups is 2. The number of nitrogens with one attached hydrogen (secondary N) is 1. The molecule has 1 heterocycles. The van der Waals surface area contributed by atoms with Crippen molar-refractivity contribution in [3.63, 3.8) is 0 Å². The fourth-order valence-corrected chi connectivity index (χ4v) is 3.44. The predicted octanol–water partition coefficient (Wildman–Crippen LogP) is 4.12. The largest absolute Gasteiger partial charge is 0.387 e. The summed E-state index contributed by atoms with van der Waals surface area (Å²) in [6.45, 7) is 0. The summed E-state index contributed by atoms with van der Waals surface area (Å²) in [5.74, 6) is 6.29. The molecular formula is C22H27NO2. The van der Waals surface area contributed by atoms with Crippen molar-refractivity contribution in [2.75, 3.05) is 0 Å². The third-order valence-electron chi connectivity index (χ3n) is 4.98. The quantitative estimate of drug-likeness (QED) is 0.581. The first kappa shape index (κ1) is 17.8. The molecule has 1 fully saturated rings. The second kappa shape index (κ2) is 8.38.